The maximum atomic E-state index is 5.56. The van der Waals surface area contributed by atoms with Crippen LogP contribution in [0.2, 0.25) is 0 Å². The lowest BCUT2D eigenvalue weighted by atomic mass is 10.4. The molecule has 2 aromatic heterocycles. The molecule has 0 spiro atoms. The Morgan fingerprint density at radius 2 is 2.13 bits per heavy atom. The second kappa shape index (κ2) is 11.2. The molecule has 2 N–H and O–H groups in total. The number of ether oxygens (including phenoxy) is 1. The number of rotatable bonds is 7. The quantitative estimate of drug-likeness (QED) is 0.295. The third kappa shape index (κ3) is 7.60. The number of aryl methyl sites for hydroxylation is 1. The van der Waals surface area contributed by atoms with Gasteiger partial charge in [-0.3, -0.25) is 9.98 Å². The van der Waals surface area contributed by atoms with Crippen LogP contribution >= 0.6 is 35.3 Å². The first-order chi connectivity index (χ1) is 10.8. The van der Waals surface area contributed by atoms with Crippen LogP contribution in [-0.4, -0.2) is 42.7 Å². The molecule has 0 saturated carbocycles. The largest absolute Gasteiger partial charge is 0.490 e. The molecule has 0 atom stereocenters. The van der Waals surface area contributed by atoms with Gasteiger partial charge in [0.15, 0.2) is 5.96 Å². The summed E-state index contributed by atoms with van der Waals surface area (Å²) in [5.74, 6) is 1.54. The van der Waals surface area contributed by atoms with Gasteiger partial charge in [-0.15, -0.1) is 35.3 Å². The normalized spacial score (nSPS) is 10.8. The summed E-state index contributed by atoms with van der Waals surface area (Å²) in [6, 6.07) is 3.74. The lowest BCUT2D eigenvalue weighted by molar-refractivity contribution is 0.320. The Balaban J connectivity index is 0.00000264. The van der Waals surface area contributed by atoms with E-state index in [9.17, 15) is 0 Å². The number of aromatic nitrogens is 2. The van der Waals surface area contributed by atoms with E-state index >= 15 is 0 Å². The number of hydrogen-bond acceptors (Lipinski definition) is 5. The molecule has 8 heteroatoms. The average Bonchev–Trinajstić information content (AvgIpc) is 2.96. The number of pyridine rings is 1. The second-order valence-corrected chi connectivity index (χ2v) is 5.90. The molecule has 0 fully saturated rings. The first-order valence-electron chi connectivity index (χ1n) is 7.16. The van der Waals surface area contributed by atoms with Gasteiger partial charge in [0.25, 0.3) is 0 Å². The lowest BCUT2D eigenvalue weighted by Crippen LogP contribution is -2.40. The molecule has 0 aliphatic heterocycles. The smallest absolute Gasteiger partial charge is 0.191 e. The van der Waals surface area contributed by atoms with Crippen molar-refractivity contribution < 1.29 is 4.74 Å². The van der Waals surface area contributed by atoms with Gasteiger partial charge < -0.3 is 15.4 Å². The van der Waals surface area contributed by atoms with Crippen LogP contribution in [0, 0.1) is 6.92 Å². The fourth-order valence-electron chi connectivity index (χ4n) is 1.80. The van der Waals surface area contributed by atoms with E-state index < -0.39 is 0 Å². The van der Waals surface area contributed by atoms with Crippen LogP contribution in [0.1, 0.15) is 9.88 Å². The molecule has 6 nitrogen and oxygen atoms in total. The number of guanidine groups is 1. The Morgan fingerprint density at radius 1 is 1.30 bits per heavy atom. The molecule has 0 radical (unpaired) electrons. The SMILES string of the molecule is CN=C(NCCOc1cccnc1)NCCc1ncc(C)s1.I. The van der Waals surface area contributed by atoms with Gasteiger partial charge in [0.05, 0.1) is 17.7 Å². The Kier molecular flexibility index (Phi) is 9.53. The van der Waals surface area contributed by atoms with Crippen LogP contribution < -0.4 is 15.4 Å². The number of halogens is 1. The molecule has 2 aromatic rings. The average molecular weight is 447 g/mol. The third-order valence-corrected chi connectivity index (χ3v) is 3.79. The van der Waals surface area contributed by atoms with E-state index in [0.717, 1.165) is 29.7 Å². The van der Waals surface area contributed by atoms with Crippen molar-refractivity contribution in [1.29, 1.82) is 0 Å². The van der Waals surface area contributed by atoms with Crippen molar-refractivity contribution in [3.8, 4) is 5.75 Å². The van der Waals surface area contributed by atoms with Crippen molar-refractivity contribution in [2.45, 2.75) is 13.3 Å². The fourth-order valence-corrected chi connectivity index (χ4v) is 2.58. The van der Waals surface area contributed by atoms with Gasteiger partial charge >= 0.3 is 0 Å². The minimum atomic E-state index is 0. The number of thiazole rings is 1. The van der Waals surface area contributed by atoms with Crippen LogP contribution in [0.3, 0.4) is 0 Å². The van der Waals surface area contributed by atoms with Crippen molar-refractivity contribution >= 4 is 41.3 Å². The van der Waals surface area contributed by atoms with Gasteiger partial charge in [0.1, 0.15) is 12.4 Å². The van der Waals surface area contributed by atoms with Crippen molar-refractivity contribution in [1.82, 2.24) is 20.6 Å². The van der Waals surface area contributed by atoms with E-state index in [2.05, 4.69) is 32.5 Å². The van der Waals surface area contributed by atoms with E-state index in [0.29, 0.717) is 13.2 Å². The predicted molar refractivity (Wildman–Crippen MR) is 105 cm³/mol. The van der Waals surface area contributed by atoms with Crippen molar-refractivity contribution in [3.63, 3.8) is 0 Å². The standard InChI is InChI=1S/C15H21N5OS.HI/c1-12-10-20-14(22-12)5-7-18-15(16-2)19-8-9-21-13-4-3-6-17-11-13;/h3-4,6,10-11H,5,7-9H2,1-2H3,(H2,16,18,19);1H. The molecule has 2 rings (SSSR count). The Hall–Kier alpha value is -1.42. The summed E-state index contributed by atoms with van der Waals surface area (Å²) in [5.41, 5.74) is 0. The van der Waals surface area contributed by atoms with Crippen molar-refractivity contribution in [2.24, 2.45) is 4.99 Å². The monoisotopic (exact) mass is 447 g/mol. The van der Waals surface area contributed by atoms with E-state index in [1.54, 1.807) is 30.8 Å². The molecule has 23 heavy (non-hydrogen) atoms. The van der Waals surface area contributed by atoms with E-state index in [1.165, 1.54) is 4.88 Å². The molecule has 0 aromatic carbocycles. The lowest BCUT2D eigenvalue weighted by Gasteiger charge is -2.11. The predicted octanol–water partition coefficient (Wildman–Crippen LogP) is 2.25. The highest BCUT2D eigenvalue weighted by Gasteiger charge is 2.01. The summed E-state index contributed by atoms with van der Waals surface area (Å²) in [7, 11) is 1.75. The molecule has 2 heterocycles. The van der Waals surface area contributed by atoms with E-state index in [4.69, 9.17) is 4.74 Å². The van der Waals surface area contributed by atoms with Gasteiger partial charge in [0, 0.05) is 37.3 Å². The summed E-state index contributed by atoms with van der Waals surface area (Å²) in [4.78, 5) is 13.8. The fraction of sp³-hybridized carbons (Fsp3) is 0.400. The molecule has 0 amide bonds. The molecule has 0 aliphatic carbocycles. The summed E-state index contributed by atoms with van der Waals surface area (Å²) >= 11 is 1.73. The zero-order chi connectivity index (χ0) is 15.6. The minimum absolute atomic E-state index is 0. The van der Waals surface area contributed by atoms with E-state index in [-0.39, 0.29) is 24.0 Å². The van der Waals surface area contributed by atoms with Crippen LogP contribution in [-0.2, 0) is 6.42 Å². The minimum Gasteiger partial charge on any atom is -0.490 e. The summed E-state index contributed by atoms with van der Waals surface area (Å²) in [6.45, 7) is 4.09. The maximum Gasteiger partial charge on any atom is 0.191 e. The maximum absolute atomic E-state index is 5.56. The molecular formula is C15H22IN5OS. The highest BCUT2D eigenvalue weighted by atomic mass is 127. The zero-order valence-corrected chi connectivity index (χ0v) is 16.4. The van der Waals surface area contributed by atoms with Crippen LogP contribution in [0.4, 0.5) is 0 Å². The van der Waals surface area contributed by atoms with Crippen LogP contribution in [0.25, 0.3) is 0 Å². The van der Waals surface area contributed by atoms with Gasteiger partial charge in [-0.05, 0) is 19.1 Å². The van der Waals surface area contributed by atoms with E-state index in [1.807, 2.05) is 18.3 Å². The summed E-state index contributed by atoms with van der Waals surface area (Å²) in [5, 5.41) is 7.61. The summed E-state index contributed by atoms with van der Waals surface area (Å²) in [6.07, 6.45) is 6.22. The number of aliphatic imine (C=N–C) groups is 1. The topological polar surface area (TPSA) is 71.4 Å². The molecular weight excluding hydrogens is 425 g/mol. The number of nitrogens with zero attached hydrogens (tertiary/aromatic N) is 3. The zero-order valence-electron chi connectivity index (χ0n) is 13.3. The summed E-state index contributed by atoms with van der Waals surface area (Å²) < 4.78 is 5.56. The molecule has 0 bridgehead atoms. The molecule has 0 saturated heterocycles. The highest BCUT2D eigenvalue weighted by Crippen LogP contribution is 2.10. The van der Waals surface area contributed by atoms with Crippen molar-refractivity contribution in [2.75, 3.05) is 26.7 Å². The molecule has 0 unspecified atom stereocenters. The first-order valence-corrected chi connectivity index (χ1v) is 7.98. The van der Waals surface area contributed by atoms with Gasteiger partial charge in [-0.2, -0.15) is 0 Å². The Bertz CT molecular complexity index is 591. The van der Waals surface area contributed by atoms with Crippen molar-refractivity contribution in [3.05, 3.63) is 40.6 Å². The number of hydrogen-bond donors (Lipinski definition) is 2. The first kappa shape index (κ1) is 19.6. The molecule has 126 valence electrons. The second-order valence-electron chi connectivity index (χ2n) is 4.58. The number of nitrogens with one attached hydrogen (secondary N) is 2. The van der Waals surface area contributed by atoms with Gasteiger partial charge in [-0.25, -0.2) is 4.98 Å². The van der Waals surface area contributed by atoms with Gasteiger partial charge in [0.2, 0.25) is 0 Å². The van der Waals surface area contributed by atoms with Crippen LogP contribution in [0.15, 0.2) is 35.7 Å². The highest BCUT2D eigenvalue weighted by molar-refractivity contribution is 14.0. The van der Waals surface area contributed by atoms with Gasteiger partial charge in [-0.1, -0.05) is 0 Å². The molecule has 0 aliphatic rings. The van der Waals surface area contributed by atoms with Crippen LogP contribution in [0.5, 0.6) is 5.75 Å². The Labute approximate surface area is 157 Å². The Morgan fingerprint density at radius 3 is 2.78 bits per heavy atom. The third-order valence-electron chi connectivity index (χ3n) is 2.82.